The van der Waals surface area contributed by atoms with Crippen LogP contribution in [0.3, 0.4) is 0 Å². The molecule has 0 fully saturated rings. The summed E-state index contributed by atoms with van der Waals surface area (Å²) in [6.45, 7) is 3.71. The van der Waals surface area contributed by atoms with Crippen molar-refractivity contribution in [3.63, 3.8) is 0 Å². The monoisotopic (exact) mass is 424 g/mol. The maximum atomic E-state index is 13.0. The number of esters is 1. The number of nitrogens with one attached hydrogen (secondary N) is 1. The van der Waals surface area contributed by atoms with Gasteiger partial charge in [-0.25, -0.2) is 5.53 Å². The Kier molecular flexibility index (Phi) is 6.47. The molecule has 2 N–H and O–H groups in total. The molecule has 3 aromatic carbocycles. The summed E-state index contributed by atoms with van der Waals surface area (Å²) >= 11 is 5.93. The number of halogens is 1. The van der Waals surface area contributed by atoms with Crippen molar-refractivity contribution in [3.05, 3.63) is 70.7 Å². The van der Waals surface area contributed by atoms with Crippen LogP contribution in [0.5, 0.6) is 11.5 Å². The van der Waals surface area contributed by atoms with Crippen LogP contribution in [0.2, 0.25) is 5.02 Å². The molecular formula is C23H21ClN2O4. The van der Waals surface area contributed by atoms with E-state index in [2.05, 4.69) is 5.11 Å². The minimum Gasteiger partial charge on any atom is -0.506 e. The van der Waals surface area contributed by atoms with Crippen molar-refractivity contribution in [2.24, 2.45) is 11.0 Å². The maximum absolute atomic E-state index is 13.0. The van der Waals surface area contributed by atoms with Gasteiger partial charge < -0.3 is 9.84 Å². The lowest BCUT2D eigenvalue weighted by atomic mass is 9.93. The first-order valence-corrected chi connectivity index (χ1v) is 9.87. The van der Waals surface area contributed by atoms with E-state index in [1.54, 1.807) is 43.3 Å². The molecule has 0 radical (unpaired) electrons. The van der Waals surface area contributed by atoms with E-state index in [-0.39, 0.29) is 28.2 Å². The number of hydrogen-bond acceptors (Lipinski definition) is 6. The number of phenols is 1. The predicted octanol–water partition coefficient (Wildman–Crippen LogP) is 6.11. The van der Waals surface area contributed by atoms with Gasteiger partial charge in [-0.3, -0.25) is 9.59 Å². The SMILES string of the molecule is CCC(C)C(=O)Oc1ccc(C(N=N)C(=O)c2ccc(O)c(Cl)c2)c2ccccc12. The molecule has 0 spiro atoms. The lowest BCUT2D eigenvalue weighted by molar-refractivity contribution is -0.138. The molecule has 6 nitrogen and oxygen atoms in total. The standard InChI is InChI=1S/C23H21ClN2O4/c1-3-13(2)23(29)30-20-11-9-17(15-6-4-5-7-16(15)20)21(26-25)22(28)14-8-10-19(27)18(24)12-14/h4-13,21,25,27H,3H2,1-2H3. The predicted molar refractivity (Wildman–Crippen MR) is 114 cm³/mol. The number of carbonyl (C=O) groups excluding carboxylic acids is 2. The largest absolute Gasteiger partial charge is 0.506 e. The van der Waals surface area contributed by atoms with Crippen LogP contribution >= 0.6 is 11.6 Å². The number of Topliss-reactive ketones (excluding diaryl/α,β-unsaturated/α-hetero) is 1. The Labute approximate surface area is 178 Å². The molecule has 2 unspecified atom stereocenters. The smallest absolute Gasteiger partial charge is 0.314 e. The summed E-state index contributed by atoms with van der Waals surface area (Å²) < 4.78 is 5.58. The lowest BCUT2D eigenvalue weighted by Gasteiger charge is -2.16. The van der Waals surface area contributed by atoms with Crippen molar-refractivity contribution in [2.75, 3.05) is 0 Å². The maximum Gasteiger partial charge on any atom is 0.314 e. The van der Waals surface area contributed by atoms with Crippen LogP contribution in [0.25, 0.3) is 10.8 Å². The molecule has 0 aromatic heterocycles. The van der Waals surface area contributed by atoms with Crippen molar-refractivity contribution in [2.45, 2.75) is 26.3 Å². The summed E-state index contributed by atoms with van der Waals surface area (Å²) in [6, 6.07) is 13.5. The van der Waals surface area contributed by atoms with Gasteiger partial charge in [-0.2, -0.15) is 5.11 Å². The number of nitrogens with zero attached hydrogens (tertiary/aromatic N) is 1. The van der Waals surface area contributed by atoms with Crippen molar-refractivity contribution in [3.8, 4) is 11.5 Å². The number of fused-ring (bicyclic) bond motifs is 1. The number of benzene rings is 3. The normalized spacial score (nSPS) is 12.9. The number of phenolic OH excluding ortho intramolecular Hbond substituents is 1. The Morgan fingerprint density at radius 1 is 1.13 bits per heavy atom. The van der Waals surface area contributed by atoms with Crippen molar-refractivity contribution in [1.29, 1.82) is 5.53 Å². The van der Waals surface area contributed by atoms with Gasteiger partial charge in [0.2, 0.25) is 0 Å². The van der Waals surface area contributed by atoms with Crippen LogP contribution < -0.4 is 4.74 Å². The van der Waals surface area contributed by atoms with Crippen LogP contribution in [0.1, 0.15) is 42.2 Å². The minimum atomic E-state index is -1.10. The highest BCUT2D eigenvalue weighted by Crippen LogP contribution is 2.35. The van der Waals surface area contributed by atoms with E-state index in [0.29, 0.717) is 28.5 Å². The molecule has 0 aliphatic heterocycles. The first-order chi connectivity index (χ1) is 14.4. The highest BCUT2D eigenvalue weighted by Gasteiger charge is 2.25. The fourth-order valence-corrected chi connectivity index (χ4v) is 3.27. The van der Waals surface area contributed by atoms with E-state index >= 15 is 0 Å². The molecule has 0 aliphatic rings. The van der Waals surface area contributed by atoms with Crippen LogP contribution in [-0.2, 0) is 4.79 Å². The molecule has 0 saturated heterocycles. The van der Waals surface area contributed by atoms with Crippen molar-refractivity contribution < 1.29 is 19.4 Å². The Morgan fingerprint density at radius 3 is 2.47 bits per heavy atom. The van der Waals surface area contributed by atoms with Crippen LogP contribution in [0.15, 0.2) is 59.7 Å². The topological polar surface area (TPSA) is 99.8 Å². The molecule has 0 amide bonds. The second-order valence-corrected chi connectivity index (χ2v) is 7.40. The molecule has 0 saturated carbocycles. The van der Waals surface area contributed by atoms with E-state index in [4.69, 9.17) is 21.9 Å². The lowest BCUT2D eigenvalue weighted by Crippen LogP contribution is -2.17. The molecule has 154 valence electrons. The van der Waals surface area contributed by atoms with Gasteiger partial charge in [-0.15, -0.1) is 0 Å². The van der Waals surface area contributed by atoms with E-state index in [0.717, 1.165) is 0 Å². The first kappa shape index (κ1) is 21.5. The molecule has 2 atom stereocenters. The molecule has 3 rings (SSSR count). The Bertz CT molecular complexity index is 1130. The highest BCUT2D eigenvalue weighted by molar-refractivity contribution is 6.32. The van der Waals surface area contributed by atoms with Crippen LogP contribution in [0, 0.1) is 11.4 Å². The summed E-state index contributed by atoms with van der Waals surface area (Å²) in [5.41, 5.74) is 8.38. The molecule has 7 heteroatoms. The number of hydrogen-bond donors (Lipinski definition) is 2. The molecule has 30 heavy (non-hydrogen) atoms. The highest BCUT2D eigenvalue weighted by atomic mass is 35.5. The average Bonchev–Trinajstić information content (AvgIpc) is 2.76. The van der Waals surface area contributed by atoms with Crippen molar-refractivity contribution >= 4 is 34.1 Å². The third-order valence-electron chi connectivity index (χ3n) is 5.05. The Balaban J connectivity index is 2.05. The van der Waals surface area contributed by atoms with Gasteiger partial charge in [-0.1, -0.05) is 55.8 Å². The zero-order valence-electron chi connectivity index (χ0n) is 16.6. The van der Waals surface area contributed by atoms with E-state index in [1.807, 2.05) is 6.92 Å². The fourth-order valence-electron chi connectivity index (χ4n) is 3.09. The minimum absolute atomic E-state index is 0.0433. The average molecular weight is 425 g/mol. The summed E-state index contributed by atoms with van der Waals surface area (Å²) in [4.78, 5) is 25.3. The van der Waals surface area contributed by atoms with Crippen LogP contribution in [-0.4, -0.2) is 16.9 Å². The molecular weight excluding hydrogens is 404 g/mol. The second-order valence-electron chi connectivity index (χ2n) is 6.99. The van der Waals surface area contributed by atoms with Gasteiger partial charge in [0, 0.05) is 10.9 Å². The van der Waals surface area contributed by atoms with Gasteiger partial charge >= 0.3 is 5.97 Å². The molecule has 3 aromatic rings. The van der Waals surface area contributed by atoms with Crippen molar-refractivity contribution in [1.82, 2.24) is 0 Å². The number of ether oxygens (including phenoxy) is 1. The zero-order chi connectivity index (χ0) is 21.8. The fraction of sp³-hybridized carbons (Fsp3) is 0.217. The number of aromatic hydroxyl groups is 1. The van der Waals surface area contributed by atoms with E-state index in [9.17, 15) is 14.7 Å². The van der Waals surface area contributed by atoms with Gasteiger partial charge in [0.25, 0.3) is 0 Å². The zero-order valence-corrected chi connectivity index (χ0v) is 17.3. The summed E-state index contributed by atoms with van der Waals surface area (Å²) in [6.07, 6.45) is 0.665. The molecule has 0 bridgehead atoms. The second kappa shape index (κ2) is 9.05. The summed E-state index contributed by atoms with van der Waals surface area (Å²) in [5, 5.41) is 14.5. The van der Waals surface area contributed by atoms with Crippen LogP contribution in [0.4, 0.5) is 0 Å². The number of rotatable bonds is 7. The van der Waals surface area contributed by atoms with Gasteiger partial charge in [0.15, 0.2) is 11.8 Å². The third-order valence-corrected chi connectivity index (χ3v) is 5.35. The third kappa shape index (κ3) is 4.19. The Morgan fingerprint density at radius 2 is 1.83 bits per heavy atom. The molecule has 0 aliphatic carbocycles. The van der Waals surface area contributed by atoms with Gasteiger partial charge in [0.1, 0.15) is 11.5 Å². The quantitative estimate of drug-likeness (QED) is 0.207. The summed E-state index contributed by atoms with van der Waals surface area (Å²) in [5.74, 6) is -0.734. The Hall–Kier alpha value is -3.25. The number of carbonyl (C=O) groups is 2. The van der Waals surface area contributed by atoms with Gasteiger partial charge in [0.05, 0.1) is 10.9 Å². The van der Waals surface area contributed by atoms with E-state index < -0.39 is 11.8 Å². The van der Waals surface area contributed by atoms with Gasteiger partial charge in [-0.05, 0) is 41.6 Å². The van der Waals surface area contributed by atoms with E-state index in [1.165, 1.54) is 18.2 Å². The summed E-state index contributed by atoms with van der Waals surface area (Å²) in [7, 11) is 0. The number of ketones is 1. The molecule has 0 heterocycles. The first-order valence-electron chi connectivity index (χ1n) is 9.50.